The molecule has 0 radical (unpaired) electrons. The highest BCUT2D eigenvalue weighted by Crippen LogP contribution is 2.25. The number of hydrogen-bond donors (Lipinski definition) is 1. The number of aromatic nitrogens is 3. The summed E-state index contributed by atoms with van der Waals surface area (Å²) in [5.74, 6) is -0.213. The van der Waals surface area contributed by atoms with Gasteiger partial charge in [-0.05, 0) is 41.6 Å². The zero-order valence-electron chi connectivity index (χ0n) is 13.6. The number of anilines is 1. The van der Waals surface area contributed by atoms with E-state index in [9.17, 15) is 4.79 Å². The summed E-state index contributed by atoms with van der Waals surface area (Å²) in [6.07, 6.45) is 4.24. The highest BCUT2D eigenvalue weighted by atomic mass is 32.1. The van der Waals surface area contributed by atoms with Crippen molar-refractivity contribution in [1.82, 2.24) is 14.6 Å². The molecule has 0 bridgehead atoms. The van der Waals surface area contributed by atoms with Crippen LogP contribution in [0.4, 0.5) is 5.69 Å². The molecule has 0 spiro atoms. The maximum atomic E-state index is 12.6. The van der Waals surface area contributed by atoms with E-state index in [1.54, 1.807) is 28.2 Å². The van der Waals surface area contributed by atoms with Gasteiger partial charge in [-0.25, -0.2) is 9.50 Å². The van der Waals surface area contributed by atoms with Gasteiger partial charge in [0.2, 0.25) is 0 Å². The van der Waals surface area contributed by atoms with Gasteiger partial charge in [0.15, 0.2) is 5.65 Å². The van der Waals surface area contributed by atoms with Crippen molar-refractivity contribution in [3.05, 3.63) is 71.4 Å². The van der Waals surface area contributed by atoms with E-state index < -0.39 is 0 Å². The van der Waals surface area contributed by atoms with Crippen LogP contribution in [-0.2, 0) is 6.42 Å². The molecule has 0 unspecified atom stereocenters. The second kappa shape index (κ2) is 6.49. The van der Waals surface area contributed by atoms with Crippen molar-refractivity contribution in [2.24, 2.45) is 0 Å². The van der Waals surface area contributed by atoms with E-state index in [1.165, 1.54) is 5.56 Å². The number of fused-ring (bicyclic) bond motifs is 1. The average molecular weight is 348 g/mol. The summed E-state index contributed by atoms with van der Waals surface area (Å²) in [6.45, 7) is 2.10. The summed E-state index contributed by atoms with van der Waals surface area (Å²) >= 11 is 1.63. The summed E-state index contributed by atoms with van der Waals surface area (Å²) in [4.78, 5) is 18.1. The second-order valence-corrected chi connectivity index (χ2v) is 6.55. The Morgan fingerprint density at radius 2 is 2.04 bits per heavy atom. The monoisotopic (exact) mass is 348 g/mol. The van der Waals surface area contributed by atoms with E-state index in [-0.39, 0.29) is 5.91 Å². The van der Waals surface area contributed by atoms with E-state index in [1.807, 2.05) is 47.8 Å². The molecule has 1 amide bonds. The van der Waals surface area contributed by atoms with Crippen LogP contribution in [0, 0.1) is 0 Å². The molecule has 4 aromatic rings. The van der Waals surface area contributed by atoms with Crippen molar-refractivity contribution >= 4 is 28.6 Å². The Bertz CT molecular complexity index is 1020. The van der Waals surface area contributed by atoms with Gasteiger partial charge in [0.25, 0.3) is 5.91 Å². The van der Waals surface area contributed by atoms with Gasteiger partial charge >= 0.3 is 0 Å². The molecule has 1 N–H and O–H groups in total. The molecular weight excluding hydrogens is 332 g/mol. The number of hydrogen-bond acceptors (Lipinski definition) is 4. The summed E-state index contributed by atoms with van der Waals surface area (Å²) in [6, 6.07) is 13.8. The van der Waals surface area contributed by atoms with Gasteiger partial charge in [0.05, 0.1) is 16.8 Å². The SMILES string of the molecule is CCc1ccc(NC(=O)c2cnn3c(-c4cccs4)ccnc23)cc1. The molecule has 6 heteroatoms. The molecular formula is C19H16N4OS. The topological polar surface area (TPSA) is 59.3 Å². The Morgan fingerprint density at radius 3 is 2.76 bits per heavy atom. The first-order valence-electron chi connectivity index (χ1n) is 8.03. The van der Waals surface area contributed by atoms with Crippen molar-refractivity contribution in [2.75, 3.05) is 5.32 Å². The lowest BCUT2D eigenvalue weighted by Crippen LogP contribution is -2.12. The van der Waals surface area contributed by atoms with Crippen LogP contribution in [0.25, 0.3) is 16.2 Å². The molecule has 3 aromatic heterocycles. The normalized spacial score (nSPS) is 10.9. The Labute approximate surface area is 149 Å². The van der Waals surface area contributed by atoms with E-state index in [0.29, 0.717) is 11.2 Å². The molecule has 124 valence electrons. The van der Waals surface area contributed by atoms with Crippen molar-refractivity contribution in [3.8, 4) is 10.6 Å². The van der Waals surface area contributed by atoms with E-state index in [4.69, 9.17) is 0 Å². The number of carbonyl (C=O) groups is 1. The molecule has 0 aliphatic carbocycles. The zero-order chi connectivity index (χ0) is 17.2. The minimum absolute atomic E-state index is 0.213. The summed E-state index contributed by atoms with van der Waals surface area (Å²) < 4.78 is 1.71. The van der Waals surface area contributed by atoms with Gasteiger partial charge in [-0.2, -0.15) is 5.10 Å². The Balaban J connectivity index is 1.67. The van der Waals surface area contributed by atoms with Crippen molar-refractivity contribution < 1.29 is 4.79 Å². The van der Waals surface area contributed by atoms with Crippen molar-refractivity contribution in [3.63, 3.8) is 0 Å². The van der Waals surface area contributed by atoms with Gasteiger partial charge in [-0.15, -0.1) is 11.3 Å². The lowest BCUT2D eigenvalue weighted by Gasteiger charge is -2.05. The quantitative estimate of drug-likeness (QED) is 0.599. The molecule has 0 fully saturated rings. The van der Waals surface area contributed by atoms with Crippen LogP contribution in [0.5, 0.6) is 0 Å². The third-order valence-electron chi connectivity index (χ3n) is 4.04. The number of nitrogens with zero attached hydrogens (tertiary/aromatic N) is 3. The van der Waals surface area contributed by atoms with Gasteiger partial charge in [0, 0.05) is 11.9 Å². The predicted octanol–water partition coefficient (Wildman–Crippen LogP) is 4.27. The van der Waals surface area contributed by atoms with Crippen LogP contribution < -0.4 is 5.32 Å². The fourth-order valence-electron chi connectivity index (χ4n) is 2.68. The minimum Gasteiger partial charge on any atom is -0.322 e. The molecule has 25 heavy (non-hydrogen) atoms. The molecule has 0 aliphatic rings. The van der Waals surface area contributed by atoms with Crippen LogP contribution in [0.1, 0.15) is 22.8 Å². The third kappa shape index (κ3) is 2.92. The van der Waals surface area contributed by atoms with Crippen molar-refractivity contribution in [2.45, 2.75) is 13.3 Å². The van der Waals surface area contributed by atoms with Gasteiger partial charge in [-0.3, -0.25) is 4.79 Å². The number of nitrogens with one attached hydrogen (secondary N) is 1. The van der Waals surface area contributed by atoms with Crippen LogP contribution in [0.15, 0.2) is 60.2 Å². The highest BCUT2D eigenvalue weighted by Gasteiger charge is 2.16. The molecule has 4 rings (SSSR count). The summed E-state index contributed by atoms with van der Waals surface area (Å²) in [7, 11) is 0. The molecule has 0 aliphatic heterocycles. The van der Waals surface area contributed by atoms with Crippen molar-refractivity contribution in [1.29, 1.82) is 0 Å². The number of benzene rings is 1. The third-order valence-corrected chi connectivity index (χ3v) is 4.93. The van der Waals surface area contributed by atoms with Gasteiger partial charge in [0.1, 0.15) is 5.56 Å². The Morgan fingerprint density at radius 1 is 1.20 bits per heavy atom. The molecule has 1 aromatic carbocycles. The van der Waals surface area contributed by atoms with E-state index in [2.05, 4.69) is 22.3 Å². The first kappa shape index (κ1) is 15.5. The first-order valence-corrected chi connectivity index (χ1v) is 8.91. The maximum absolute atomic E-state index is 12.6. The highest BCUT2D eigenvalue weighted by molar-refractivity contribution is 7.13. The average Bonchev–Trinajstić information content (AvgIpc) is 3.32. The minimum atomic E-state index is -0.213. The molecule has 0 atom stereocenters. The molecule has 0 saturated carbocycles. The number of rotatable bonds is 4. The molecule has 5 nitrogen and oxygen atoms in total. The maximum Gasteiger partial charge on any atom is 0.261 e. The number of aryl methyl sites for hydroxylation is 1. The predicted molar refractivity (Wildman–Crippen MR) is 100 cm³/mol. The number of carbonyl (C=O) groups excluding carboxylic acids is 1. The fraction of sp³-hybridized carbons (Fsp3) is 0.105. The van der Waals surface area contributed by atoms with Gasteiger partial charge < -0.3 is 5.32 Å². The standard InChI is InChI=1S/C19H16N4OS/c1-2-13-5-7-14(8-6-13)22-19(24)15-12-21-23-16(9-10-20-18(15)23)17-4-3-11-25-17/h3-12H,2H2,1H3,(H,22,24). The smallest absolute Gasteiger partial charge is 0.261 e. The van der Waals surface area contributed by atoms with Crippen LogP contribution >= 0.6 is 11.3 Å². The van der Waals surface area contributed by atoms with Crippen LogP contribution in [0.3, 0.4) is 0 Å². The van der Waals surface area contributed by atoms with E-state index >= 15 is 0 Å². The zero-order valence-corrected chi connectivity index (χ0v) is 14.5. The van der Waals surface area contributed by atoms with Gasteiger partial charge in [-0.1, -0.05) is 25.1 Å². The molecule has 3 heterocycles. The Hall–Kier alpha value is -2.99. The number of thiophene rings is 1. The number of amides is 1. The van der Waals surface area contributed by atoms with Crippen LogP contribution in [0.2, 0.25) is 0 Å². The van der Waals surface area contributed by atoms with Crippen LogP contribution in [-0.4, -0.2) is 20.5 Å². The largest absolute Gasteiger partial charge is 0.322 e. The fourth-order valence-corrected chi connectivity index (χ4v) is 3.42. The first-order chi connectivity index (χ1) is 12.3. The second-order valence-electron chi connectivity index (χ2n) is 5.61. The lowest BCUT2D eigenvalue weighted by atomic mass is 10.1. The summed E-state index contributed by atoms with van der Waals surface area (Å²) in [5.41, 5.74) is 3.92. The van der Waals surface area contributed by atoms with E-state index in [0.717, 1.165) is 22.7 Å². The molecule has 0 saturated heterocycles. The Kier molecular flexibility index (Phi) is 4.03. The lowest BCUT2D eigenvalue weighted by molar-refractivity contribution is 0.102. The summed E-state index contributed by atoms with van der Waals surface area (Å²) in [5, 5.41) is 9.29.